The van der Waals surface area contributed by atoms with Crippen LogP contribution in [0.25, 0.3) is 5.69 Å². The third kappa shape index (κ3) is 2.82. The largest absolute Gasteiger partial charge is 0.343 e. The fourth-order valence-corrected chi connectivity index (χ4v) is 2.77. The maximum absolute atomic E-state index is 12.5. The lowest BCUT2D eigenvalue weighted by Crippen LogP contribution is -2.17. The minimum absolute atomic E-state index is 0.146. The van der Waals surface area contributed by atoms with Crippen molar-refractivity contribution in [3.63, 3.8) is 0 Å². The maximum atomic E-state index is 12.5. The molecule has 1 N–H and O–H groups in total. The summed E-state index contributed by atoms with van der Waals surface area (Å²) in [6.07, 6.45) is 5.45. The van der Waals surface area contributed by atoms with E-state index in [-0.39, 0.29) is 5.91 Å². The van der Waals surface area contributed by atoms with Crippen LogP contribution in [0.5, 0.6) is 0 Å². The van der Waals surface area contributed by atoms with Gasteiger partial charge in [0.2, 0.25) is 0 Å². The Balaban J connectivity index is 1.92. The zero-order chi connectivity index (χ0) is 15.5. The lowest BCUT2D eigenvalue weighted by Gasteiger charge is -2.12. The second-order valence-electron chi connectivity index (χ2n) is 4.75. The van der Waals surface area contributed by atoms with Gasteiger partial charge in [-0.05, 0) is 47.1 Å². The summed E-state index contributed by atoms with van der Waals surface area (Å²) in [5.41, 5.74) is 2.16. The van der Waals surface area contributed by atoms with Crippen LogP contribution < -0.4 is 5.32 Å². The van der Waals surface area contributed by atoms with Crippen molar-refractivity contribution in [1.29, 1.82) is 0 Å². The number of anilines is 1. The number of carbonyl (C=O) groups is 1. The van der Waals surface area contributed by atoms with E-state index in [1.807, 2.05) is 60.3 Å². The van der Waals surface area contributed by atoms with E-state index in [0.29, 0.717) is 5.69 Å². The fourth-order valence-electron chi connectivity index (χ4n) is 2.30. The van der Waals surface area contributed by atoms with Gasteiger partial charge in [0.25, 0.3) is 5.91 Å². The van der Waals surface area contributed by atoms with E-state index in [1.54, 1.807) is 10.9 Å². The number of halogens is 1. The van der Waals surface area contributed by atoms with Gasteiger partial charge in [-0.3, -0.25) is 4.79 Å². The zero-order valence-corrected chi connectivity index (χ0v) is 13.6. The van der Waals surface area contributed by atoms with E-state index < -0.39 is 0 Å². The van der Waals surface area contributed by atoms with Gasteiger partial charge in [0, 0.05) is 29.6 Å². The Morgan fingerprint density at radius 1 is 1.32 bits per heavy atom. The Kier molecular flexibility index (Phi) is 4.11. The number of aryl methyl sites for hydroxylation is 1. The Morgan fingerprint density at radius 3 is 2.86 bits per heavy atom. The Morgan fingerprint density at radius 2 is 2.14 bits per heavy atom. The molecule has 3 rings (SSSR count). The summed E-state index contributed by atoms with van der Waals surface area (Å²) in [5, 5.41) is 7.18. The first-order chi connectivity index (χ1) is 10.7. The van der Waals surface area contributed by atoms with Gasteiger partial charge in [-0.25, -0.2) is 4.68 Å². The summed E-state index contributed by atoms with van der Waals surface area (Å²) in [6, 6.07) is 11.2. The first-order valence-electron chi connectivity index (χ1n) is 6.95. The highest BCUT2D eigenvalue weighted by Gasteiger charge is 2.14. The van der Waals surface area contributed by atoms with Crippen LogP contribution in [-0.4, -0.2) is 20.3 Å². The predicted molar refractivity (Wildman–Crippen MR) is 89.3 cm³/mol. The molecular weight excluding hydrogens is 344 g/mol. The number of para-hydroxylation sites is 2. The summed E-state index contributed by atoms with van der Waals surface area (Å²) < 4.78 is 4.51. The maximum Gasteiger partial charge on any atom is 0.272 e. The first kappa shape index (κ1) is 14.6. The first-order valence-corrected chi connectivity index (χ1v) is 7.74. The number of aromatic nitrogens is 3. The molecule has 0 aliphatic carbocycles. The van der Waals surface area contributed by atoms with Crippen molar-refractivity contribution in [2.24, 2.45) is 0 Å². The third-order valence-corrected chi connectivity index (χ3v) is 3.77. The molecule has 22 heavy (non-hydrogen) atoms. The molecule has 0 bridgehead atoms. The molecule has 6 heteroatoms. The quantitative estimate of drug-likeness (QED) is 0.772. The van der Waals surface area contributed by atoms with Crippen molar-refractivity contribution in [2.45, 2.75) is 13.5 Å². The SMILES string of the molecule is CCn1cc(Br)cc1C(=O)Nc1ccccc1-n1cccn1. The number of nitrogens with one attached hydrogen (secondary N) is 1. The Labute approximate surface area is 136 Å². The van der Waals surface area contributed by atoms with E-state index in [0.717, 1.165) is 22.4 Å². The monoisotopic (exact) mass is 358 g/mol. The number of hydrogen-bond donors (Lipinski definition) is 1. The van der Waals surface area contributed by atoms with Crippen molar-refractivity contribution in [2.75, 3.05) is 5.32 Å². The summed E-state index contributed by atoms with van der Waals surface area (Å²) in [5.74, 6) is -0.146. The molecule has 1 aromatic carbocycles. The fraction of sp³-hybridized carbons (Fsp3) is 0.125. The standard InChI is InChI=1S/C16H15BrN4O/c1-2-20-11-12(17)10-15(20)16(22)19-13-6-3-4-7-14(13)21-9-5-8-18-21/h3-11H,2H2,1H3,(H,19,22). The van der Waals surface area contributed by atoms with Crippen LogP contribution in [0, 0.1) is 0 Å². The minimum Gasteiger partial charge on any atom is -0.343 e. The average molecular weight is 359 g/mol. The van der Waals surface area contributed by atoms with Crippen LogP contribution in [0.3, 0.4) is 0 Å². The van der Waals surface area contributed by atoms with E-state index in [4.69, 9.17) is 0 Å². The van der Waals surface area contributed by atoms with E-state index >= 15 is 0 Å². The molecule has 0 spiro atoms. The molecule has 0 atom stereocenters. The molecular formula is C16H15BrN4O. The second kappa shape index (κ2) is 6.19. The highest BCUT2D eigenvalue weighted by Crippen LogP contribution is 2.21. The molecule has 0 saturated heterocycles. The molecule has 0 aliphatic heterocycles. The van der Waals surface area contributed by atoms with Gasteiger partial charge >= 0.3 is 0 Å². The molecule has 5 nitrogen and oxygen atoms in total. The zero-order valence-electron chi connectivity index (χ0n) is 12.0. The van der Waals surface area contributed by atoms with Crippen LogP contribution in [0.15, 0.2) is 59.5 Å². The molecule has 3 aromatic rings. The van der Waals surface area contributed by atoms with Crippen molar-refractivity contribution >= 4 is 27.5 Å². The highest BCUT2D eigenvalue weighted by molar-refractivity contribution is 9.10. The molecule has 0 radical (unpaired) electrons. The van der Waals surface area contributed by atoms with Gasteiger partial charge in [-0.1, -0.05) is 12.1 Å². The molecule has 0 fully saturated rings. The predicted octanol–water partition coefficient (Wildman–Crippen LogP) is 3.71. The van der Waals surface area contributed by atoms with E-state index in [1.165, 1.54) is 0 Å². The summed E-state index contributed by atoms with van der Waals surface area (Å²) in [4.78, 5) is 12.5. The summed E-state index contributed by atoms with van der Waals surface area (Å²) >= 11 is 3.41. The highest BCUT2D eigenvalue weighted by atomic mass is 79.9. The summed E-state index contributed by atoms with van der Waals surface area (Å²) in [7, 11) is 0. The van der Waals surface area contributed by atoms with Gasteiger partial charge in [0.1, 0.15) is 5.69 Å². The van der Waals surface area contributed by atoms with E-state index in [2.05, 4.69) is 26.3 Å². The van der Waals surface area contributed by atoms with Gasteiger partial charge in [-0.15, -0.1) is 0 Å². The van der Waals surface area contributed by atoms with Crippen molar-refractivity contribution < 1.29 is 4.79 Å². The lowest BCUT2D eigenvalue weighted by molar-refractivity contribution is 0.101. The average Bonchev–Trinajstić information content (AvgIpc) is 3.17. The molecule has 112 valence electrons. The van der Waals surface area contributed by atoms with Crippen molar-refractivity contribution in [1.82, 2.24) is 14.3 Å². The Hall–Kier alpha value is -2.34. The van der Waals surface area contributed by atoms with Crippen molar-refractivity contribution in [3.8, 4) is 5.69 Å². The molecule has 2 aromatic heterocycles. The number of hydrogen-bond acceptors (Lipinski definition) is 2. The van der Waals surface area contributed by atoms with Crippen LogP contribution in [-0.2, 0) is 6.54 Å². The number of benzene rings is 1. The van der Waals surface area contributed by atoms with Crippen LogP contribution in [0.4, 0.5) is 5.69 Å². The van der Waals surface area contributed by atoms with Crippen LogP contribution in [0.2, 0.25) is 0 Å². The number of amides is 1. The van der Waals surface area contributed by atoms with Crippen molar-refractivity contribution in [3.05, 3.63) is 65.2 Å². The van der Waals surface area contributed by atoms with Gasteiger partial charge in [0.05, 0.1) is 11.4 Å². The molecule has 0 saturated carbocycles. The van der Waals surface area contributed by atoms with Gasteiger partial charge in [0.15, 0.2) is 0 Å². The van der Waals surface area contributed by atoms with Crippen LogP contribution >= 0.6 is 15.9 Å². The molecule has 0 aliphatic rings. The minimum atomic E-state index is -0.146. The van der Waals surface area contributed by atoms with Gasteiger partial charge in [-0.2, -0.15) is 5.10 Å². The molecule has 2 heterocycles. The summed E-state index contributed by atoms with van der Waals surface area (Å²) in [6.45, 7) is 2.73. The number of rotatable bonds is 4. The molecule has 1 amide bonds. The Bertz CT molecular complexity index is 792. The number of nitrogens with zero attached hydrogens (tertiary/aromatic N) is 3. The van der Waals surface area contributed by atoms with E-state index in [9.17, 15) is 4.79 Å². The lowest BCUT2D eigenvalue weighted by atomic mass is 10.2. The third-order valence-electron chi connectivity index (χ3n) is 3.34. The normalized spacial score (nSPS) is 10.6. The number of carbonyl (C=O) groups excluding carboxylic acids is 1. The van der Waals surface area contributed by atoms with Gasteiger partial charge < -0.3 is 9.88 Å². The second-order valence-corrected chi connectivity index (χ2v) is 5.67. The van der Waals surface area contributed by atoms with Crippen LogP contribution in [0.1, 0.15) is 17.4 Å². The topological polar surface area (TPSA) is 51.9 Å². The molecule has 0 unspecified atom stereocenters. The smallest absolute Gasteiger partial charge is 0.272 e.